The van der Waals surface area contributed by atoms with Crippen LogP contribution in [0.15, 0.2) is 23.1 Å². The molecule has 6 nitrogen and oxygen atoms in total. The van der Waals surface area contributed by atoms with Crippen molar-refractivity contribution in [3.8, 4) is 0 Å². The van der Waals surface area contributed by atoms with Crippen molar-refractivity contribution in [1.29, 1.82) is 0 Å². The van der Waals surface area contributed by atoms with Crippen LogP contribution in [0.25, 0.3) is 0 Å². The molecule has 24 heavy (non-hydrogen) atoms. The predicted molar refractivity (Wildman–Crippen MR) is 86.0 cm³/mol. The molecule has 6 unspecified atom stereocenters. The van der Waals surface area contributed by atoms with Crippen molar-refractivity contribution in [3.05, 3.63) is 29.6 Å². The van der Waals surface area contributed by atoms with Gasteiger partial charge in [0.1, 0.15) is 11.4 Å². The van der Waals surface area contributed by atoms with Gasteiger partial charge in [-0.3, -0.25) is 9.59 Å². The summed E-state index contributed by atoms with van der Waals surface area (Å²) in [7, 11) is 0. The highest BCUT2D eigenvalue weighted by atomic mass is 32.2. The SMILES string of the molecule is Cc1cc(SCC2C(N)C3C(C(=O)O)C3C2(N)C(=O)O)ccc1F. The number of nitrogens with two attached hydrogens (primary N) is 2. The van der Waals surface area contributed by atoms with E-state index in [1.54, 1.807) is 19.1 Å². The maximum Gasteiger partial charge on any atom is 0.324 e. The Balaban J connectivity index is 1.79. The predicted octanol–water partition coefficient (Wildman–Crippen LogP) is 0.912. The number of carbonyl (C=O) groups is 2. The van der Waals surface area contributed by atoms with Crippen molar-refractivity contribution >= 4 is 23.7 Å². The molecule has 2 fully saturated rings. The zero-order valence-corrected chi connectivity index (χ0v) is 13.8. The standard InChI is InChI=1S/C16H19FN2O4S/c1-6-4-7(2-3-9(6)17)24-5-8-13(18)10-11(14(20)21)12(10)16(8,19)15(22)23/h2-4,8,10-13H,5,18-19H2,1H3,(H,20,21)(H,22,23). The highest BCUT2D eigenvalue weighted by molar-refractivity contribution is 7.99. The lowest BCUT2D eigenvalue weighted by Gasteiger charge is -2.33. The molecule has 0 aliphatic heterocycles. The minimum Gasteiger partial charge on any atom is -0.481 e. The Hall–Kier alpha value is -1.64. The van der Waals surface area contributed by atoms with Gasteiger partial charge in [-0.1, -0.05) is 0 Å². The Morgan fingerprint density at radius 2 is 2.04 bits per heavy atom. The third-order valence-electron chi connectivity index (χ3n) is 5.36. The van der Waals surface area contributed by atoms with E-state index in [2.05, 4.69) is 0 Å². The molecule has 2 saturated carbocycles. The number of aliphatic carboxylic acids is 2. The van der Waals surface area contributed by atoms with Crippen LogP contribution in [-0.4, -0.2) is 39.5 Å². The fourth-order valence-corrected chi connectivity index (χ4v) is 5.32. The largest absolute Gasteiger partial charge is 0.481 e. The van der Waals surface area contributed by atoms with Crippen molar-refractivity contribution in [3.63, 3.8) is 0 Å². The van der Waals surface area contributed by atoms with Crippen LogP contribution in [0.2, 0.25) is 0 Å². The lowest BCUT2D eigenvalue weighted by atomic mass is 9.81. The second-order valence-corrected chi connectivity index (χ2v) is 7.70. The van der Waals surface area contributed by atoms with E-state index in [0.29, 0.717) is 11.3 Å². The normalized spacial score (nSPS) is 37.1. The fourth-order valence-electron chi connectivity index (χ4n) is 4.02. The average molecular weight is 354 g/mol. The number of rotatable bonds is 5. The van der Waals surface area contributed by atoms with Crippen LogP contribution in [0.4, 0.5) is 4.39 Å². The van der Waals surface area contributed by atoms with E-state index < -0.39 is 47.2 Å². The summed E-state index contributed by atoms with van der Waals surface area (Å²) in [5, 5.41) is 18.8. The summed E-state index contributed by atoms with van der Waals surface area (Å²) < 4.78 is 13.3. The quantitative estimate of drug-likeness (QED) is 0.579. The third kappa shape index (κ3) is 2.40. The summed E-state index contributed by atoms with van der Waals surface area (Å²) in [6, 6.07) is 4.08. The summed E-state index contributed by atoms with van der Waals surface area (Å²) in [5.41, 5.74) is 11.2. The van der Waals surface area contributed by atoms with Crippen LogP contribution < -0.4 is 11.5 Å². The first-order valence-electron chi connectivity index (χ1n) is 7.59. The van der Waals surface area contributed by atoms with Crippen molar-refractivity contribution in [2.75, 3.05) is 5.75 Å². The molecule has 2 aliphatic carbocycles. The van der Waals surface area contributed by atoms with E-state index in [-0.39, 0.29) is 5.82 Å². The monoisotopic (exact) mass is 354 g/mol. The Labute approximate surface area is 142 Å². The van der Waals surface area contributed by atoms with Crippen LogP contribution in [0, 0.1) is 36.4 Å². The molecule has 0 saturated heterocycles. The zero-order chi connectivity index (χ0) is 17.8. The summed E-state index contributed by atoms with van der Waals surface area (Å²) >= 11 is 1.36. The van der Waals surface area contributed by atoms with Crippen LogP contribution >= 0.6 is 11.8 Å². The number of carboxylic acid groups (broad SMARTS) is 2. The first-order chi connectivity index (χ1) is 11.2. The molecule has 1 aromatic carbocycles. The van der Waals surface area contributed by atoms with Crippen molar-refractivity contribution < 1.29 is 24.2 Å². The maximum absolute atomic E-state index is 13.3. The van der Waals surface area contributed by atoms with Gasteiger partial charge in [-0.15, -0.1) is 11.8 Å². The molecular weight excluding hydrogens is 335 g/mol. The molecule has 6 atom stereocenters. The number of halogens is 1. The van der Waals surface area contributed by atoms with Crippen molar-refractivity contribution in [2.24, 2.45) is 35.1 Å². The van der Waals surface area contributed by atoms with Crippen molar-refractivity contribution in [1.82, 2.24) is 0 Å². The lowest BCUT2D eigenvalue weighted by molar-refractivity contribution is -0.147. The second-order valence-electron chi connectivity index (χ2n) is 6.61. The number of thioether (sulfide) groups is 1. The van der Waals surface area contributed by atoms with Crippen LogP contribution in [0.1, 0.15) is 5.56 Å². The summed E-state index contributed by atoms with van der Waals surface area (Å²) in [4.78, 5) is 23.8. The number of aryl methyl sites for hydroxylation is 1. The Bertz CT molecular complexity index is 715. The molecule has 0 radical (unpaired) electrons. The first-order valence-corrected chi connectivity index (χ1v) is 8.57. The molecule has 0 spiro atoms. The van der Waals surface area contributed by atoms with E-state index in [0.717, 1.165) is 4.90 Å². The van der Waals surface area contributed by atoms with Gasteiger partial charge in [-0.05, 0) is 36.6 Å². The number of carboxylic acids is 2. The van der Waals surface area contributed by atoms with Gasteiger partial charge in [0.15, 0.2) is 0 Å². The molecule has 0 aromatic heterocycles. The molecule has 0 heterocycles. The third-order valence-corrected chi connectivity index (χ3v) is 6.48. The summed E-state index contributed by atoms with van der Waals surface area (Å²) in [5.74, 6) is -4.58. The molecule has 6 N–H and O–H groups in total. The number of hydrogen-bond donors (Lipinski definition) is 4. The molecule has 1 aromatic rings. The fraction of sp³-hybridized carbons (Fsp3) is 0.500. The Morgan fingerprint density at radius 1 is 1.38 bits per heavy atom. The maximum atomic E-state index is 13.3. The van der Waals surface area contributed by atoms with Gasteiger partial charge in [-0.25, -0.2) is 4.39 Å². The smallest absolute Gasteiger partial charge is 0.324 e. The van der Waals surface area contributed by atoms with Crippen LogP contribution in [0.3, 0.4) is 0 Å². The van der Waals surface area contributed by atoms with Crippen LogP contribution in [-0.2, 0) is 9.59 Å². The van der Waals surface area contributed by atoms with E-state index in [1.165, 1.54) is 17.8 Å². The second kappa shape index (κ2) is 5.72. The van der Waals surface area contributed by atoms with Gasteiger partial charge in [0.05, 0.1) is 5.92 Å². The molecular formula is C16H19FN2O4S. The topological polar surface area (TPSA) is 127 Å². The van der Waals surface area contributed by atoms with Crippen molar-refractivity contribution in [2.45, 2.75) is 23.4 Å². The molecule has 130 valence electrons. The summed E-state index contributed by atoms with van der Waals surface area (Å²) in [6.45, 7) is 1.65. The zero-order valence-electron chi connectivity index (χ0n) is 13.0. The molecule has 3 rings (SSSR count). The van der Waals surface area contributed by atoms with Crippen LogP contribution in [0.5, 0.6) is 0 Å². The van der Waals surface area contributed by atoms with Gasteiger partial charge in [0, 0.05) is 28.5 Å². The van der Waals surface area contributed by atoms with Gasteiger partial charge >= 0.3 is 11.9 Å². The first kappa shape index (κ1) is 17.2. The minimum atomic E-state index is -1.64. The number of benzene rings is 1. The van der Waals surface area contributed by atoms with E-state index in [1.807, 2.05) is 0 Å². The molecule has 0 bridgehead atoms. The van der Waals surface area contributed by atoms with Gasteiger partial charge in [-0.2, -0.15) is 0 Å². The van der Waals surface area contributed by atoms with E-state index in [4.69, 9.17) is 11.5 Å². The van der Waals surface area contributed by atoms with E-state index >= 15 is 0 Å². The van der Waals surface area contributed by atoms with Gasteiger partial charge in [0.25, 0.3) is 0 Å². The average Bonchev–Trinajstić information content (AvgIpc) is 3.21. The Kier molecular flexibility index (Phi) is 4.09. The molecule has 0 amide bonds. The molecule has 2 aliphatic rings. The lowest BCUT2D eigenvalue weighted by Crippen LogP contribution is -2.59. The van der Waals surface area contributed by atoms with Gasteiger partial charge < -0.3 is 21.7 Å². The minimum absolute atomic E-state index is 0.304. The van der Waals surface area contributed by atoms with E-state index in [9.17, 15) is 24.2 Å². The molecule has 8 heteroatoms. The van der Waals surface area contributed by atoms with Gasteiger partial charge in [0.2, 0.25) is 0 Å². The highest BCUT2D eigenvalue weighted by Gasteiger charge is 2.76. The summed E-state index contributed by atoms with van der Waals surface area (Å²) in [6.07, 6.45) is 0. The Morgan fingerprint density at radius 3 is 2.58 bits per heavy atom. The highest BCUT2D eigenvalue weighted by Crippen LogP contribution is 2.63. The number of fused-ring (bicyclic) bond motifs is 1. The number of hydrogen-bond acceptors (Lipinski definition) is 5.